The summed E-state index contributed by atoms with van der Waals surface area (Å²) in [5.74, 6) is -1.50. The van der Waals surface area contributed by atoms with E-state index >= 15 is 0 Å². The molecule has 0 heterocycles. The van der Waals surface area contributed by atoms with Crippen LogP contribution in [-0.2, 0) is 19.1 Å². The minimum atomic E-state index is -0.748. The Kier molecular flexibility index (Phi) is 13.1. The summed E-state index contributed by atoms with van der Waals surface area (Å²) in [6.45, 7) is -0.229. The lowest BCUT2D eigenvalue weighted by Gasteiger charge is -2.25. The molecule has 0 saturated heterocycles. The maximum absolute atomic E-state index is 12.7. The summed E-state index contributed by atoms with van der Waals surface area (Å²) >= 11 is 0. The monoisotopic (exact) mass is 604 g/mol. The molecular weight excluding hydrogens is 560 g/mol. The van der Waals surface area contributed by atoms with Crippen LogP contribution in [0.4, 0.5) is 9.59 Å². The van der Waals surface area contributed by atoms with Gasteiger partial charge in [0.25, 0.3) is 0 Å². The van der Waals surface area contributed by atoms with Gasteiger partial charge in [-0.25, -0.2) is 19.2 Å². The van der Waals surface area contributed by atoms with Gasteiger partial charge in [-0.05, 0) is 36.8 Å². The highest BCUT2D eigenvalue weighted by molar-refractivity contribution is 5.91. The van der Waals surface area contributed by atoms with E-state index in [0.717, 1.165) is 74.6 Å². The molecule has 0 radical (unpaired) electrons. The molecule has 2 atom stereocenters. The van der Waals surface area contributed by atoms with Crippen molar-refractivity contribution in [2.24, 2.45) is 0 Å². The summed E-state index contributed by atoms with van der Waals surface area (Å²) in [4.78, 5) is 50.3. The third-order valence-electron chi connectivity index (χ3n) is 8.04. The maximum Gasteiger partial charge on any atom is 0.331 e. The Balaban J connectivity index is 1.26. The van der Waals surface area contributed by atoms with E-state index < -0.39 is 24.0 Å². The number of hydrogen-bond donors (Lipinski definition) is 4. The number of rotatable bonds is 12. The summed E-state index contributed by atoms with van der Waals surface area (Å²) in [7, 11) is 0. The highest BCUT2D eigenvalue weighted by Gasteiger charge is 2.22. The predicted octanol–water partition coefficient (Wildman–Crippen LogP) is 5.38. The van der Waals surface area contributed by atoms with Crippen molar-refractivity contribution in [3.63, 3.8) is 0 Å². The topological polar surface area (TPSA) is 135 Å². The average Bonchev–Trinajstić information content (AvgIpc) is 3.05. The average molecular weight is 605 g/mol. The van der Waals surface area contributed by atoms with Crippen LogP contribution in [0.15, 0.2) is 72.8 Å². The van der Waals surface area contributed by atoms with Crippen LogP contribution in [-0.4, -0.2) is 49.3 Å². The Hall–Kier alpha value is -4.34. The smallest absolute Gasteiger partial charge is 0.331 e. The molecule has 0 bridgehead atoms. The molecule has 2 aromatic carbocycles. The van der Waals surface area contributed by atoms with Gasteiger partial charge in [-0.2, -0.15) is 0 Å². The van der Waals surface area contributed by atoms with Gasteiger partial charge in [0.2, 0.25) is 0 Å². The molecule has 4 N–H and O–H groups in total. The zero-order chi connectivity index (χ0) is 31.0. The van der Waals surface area contributed by atoms with E-state index in [1.807, 2.05) is 60.7 Å². The molecule has 10 nitrogen and oxygen atoms in total. The van der Waals surface area contributed by atoms with Gasteiger partial charge in [-0.1, -0.05) is 99.2 Å². The van der Waals surface area contributed by atoms with E-state index in [9.17, 15) is 19.2 Å². The molecule has 0 unspecified atom stereocenters. The first-order valence-corrected chi connectivity index (χ1v) is 15.7. The third-order valence-corrected chi connectivity index (χ3v) is 8.04. The van der Waals surface area contributed by atoms with Gasteiger partial charge in [0.15, 0.2) is 0 Å². The Morgan fingerprint density at radius 1 is 0.591 bits per heavy atom. The molecule has 2 fully saturated rings. The highest BCUT2D eigenvalue weighted by atomic mass is 16.5. The molecule has 2 aliphatic rings. The van der Waals surface area contributed by atoms with Gasteiger partial charge < -0.3 is 30.7 Å². The first-order valence-electron chi connectivity index (χ1n) is 15.7. The first kappa shape index (κ1) is 32.6. The second-order valence-corrected chi connectivity index (χ2v) is 11.4. The van der Waals surface area contributed by atoms with Crippen LogP contribution in [0.2, 0.25) is 0 Å². The third kappa shape index (κ3) is 11.4. The van der Waals surface area contributed by atoms with Gasteiger partial charge in [0, 0.05) is 24.2 Å². The minimum Gasteiger partial charge on any atom is -0.460 e. The van der Waals surface area contributed by atoms with Crippen LogP contribution >= 0.6 is 0 Å². The summed E-state index contributed by atoms with van der Waals surface area (Å²) in [6.07, 6.45) is 12.6. The second-order valence-electron chi connectivity index (χ2n) is 11.4. The van der Waals surface area contributed by atoms with E-state index in [1.165, 1.54) is 12.8 Å². The molecule has 2 aromatic rings. The van der Waals surface area contributed by atoms with Crippen molar-refractivity contribution in [2.45, 2.75) is 88.4 Å². The fourth-order valence-corrected chi connectivity index (χ4v) is 5.64. The Labute approximate surface area is 259 Å². The van der Waals surface area contributed by atoms with Crippen molar-refractivity contribution < 1.29 is 28.7 Å². The largest absolute Gasteiger partial charge is 0.460 e. The number of hydrogen-bond acceptors (Lipinski definition) is 6. The number of nitrogens with one attached hydrogen (secondary N) is 4. The standard InChI is InChI=1S/C34H44N4O6/c39-31(43-23-29(25-13-5-1-6-14-25)37-33(41)35-27-17-9-3-10-18-27)21-22-32(40)44-24-30(26-15-7-2-8-16-26)38-34(42)36-28-19-11-4-12-20-28/h1-2,5-8,13-16,21-22,27-30H,3-4,9-12,17-20,23-24H2,(H2,35,37,41)(H2,36,38,42)/b22-21+/t29-,30-/m0/s1. The van der Waals surface area contributed by atoms with Gasteiger partial charge in [0.05, 0.1) is 12.1 Å². The summed E-state index contributed by atoms with van der Waals surface area (Å²) in [6, 6.07) is 17.0. The molecule has 236 valence electrons. The van der Waals surface area contributed by atoms with Crippen LogP contribution in [0.25, 0.3) is 0 Å². The molecule has 2 aliphatic carbocycles. The van der Waals surface area contributed by atoms with Crippen molar-refractivity contribution in [1.82, 2.24) is 21.3 Å². The lowest BCUT2D eigenvalue weighted by Crippen LogP contribution is -2.45. The fraction of sp³-hybridized carbons (Fsp3) is 0.471. The molecule has 0 spiro atoms. The molecule has 4 amide bonds. The van der Waals surface area contributed by atoms with Crippen LogP contribution in [0.3, 0.4) is 0 Å². The zero-order valence-corrected chi connectivity index (χ0v) is 25.2. The van der Waals surface area contributed by atoms with Crippen molar-refractivity contribution in [2.75, 3.05) is 13.2 Å². The van der Waals surface area contributed by atoms with Crippen molar-refractivity contribution in [3.8, 4) is 0 Å². The summed E-state index contributed by atoms with van der Waals surface area (Å²) in [5.41, 5.74) is 1.57. The van der Waals surface area contributed by atoms with Gasteiger partial charge in [0.1, 0.15) is 13.2 Å². The van der Waals surface area contributed by atoms with Crippen LogP contribution in [0.5, 0.6) is 0 Å². The maximum atomic E-state index is 12.7. The van der Waals surface area contributed by atoms with Crippen molar-refractivity contribution >= 4 is 24.0 Å². The number of carbonyl (C=O) groups excluding carboxylic acids is 4. The highest BCUT2D eigenvalue weighted by Crippen LogP contribution is 2.19. The second kappa shape index (κ2) is 17.7. The van der Waals surface area contributed by atoms with E-state index in [1.54, 1.807) is 0 Å². The van der Waals surface area contributed by atoms with Crippen LogP contribution < -0.4 is 21.3 Å². The van der Waals surface area contributed by atoms with Crippen LogP contribution in [0.1, 0.15) is 87.4 Å². The molecule has 4 rings (SSSR count). The lowest BCUT2D eigenvalue weighted by molar-refractivity contribution is -0.141. The van der Waals surface area contributed by atoms with E-state index in [0.29, 0.717) is 0 Å². The predicted molar refractivity (Wildman–Crippen MR) is 167 cm³/mol. The Bertz CT molecular complexity index is 1130. The van der Waals surface area contributed by atoms with Gasteiger partial charge >= 0.3 is 24.0 Å². The number of carbonyl (C=O) groups is 4. The molecular formula is C34H44N4O6. The van der Waals surface area contributed by atoms with Gasteiger partial charge in [-0.3, -0.25) is 0 Å². The summed E-state index contributed by atoms with van der Waals surface area (Å²) < 4.78 is 10.8. The minimum absolute atomic E-state index is 0.115. The van der Waals surface area contributed by atoms with Crippen LogP contribution in [0, 0.1) is 0 Å². The SMILES string of the molecule is O=C(NC1CCCCC1)N[C@@H](COC(=O)/C=C/C(=O)OC[C@H](NC(=O)NC1CCCCC1)c1ccccc1)c1ccccc1. The Morgan fingerprint density at radius 2 is 0.955 bits per heavy atom. The summed E-state index contributed by atoms with van der Waals surface area (Å²) in [5, 5.41) is 11.9. The zero-order valence-electron chi connectivity index (χ0n) is 25.2. The number of esters is 2. The quantitative estimate of drug-likeness (QED) is 0.190. The van der Waals surface area contributed by atoms with Crippen molar-refractivity contribution in [3.05, 3.63) is 83.9 Å². The van der Waals surface area contributed by atoms with E-state index in [2.05, 4.69) is 21.3 Å². The van der Waals surface area contributed by atoms with Crippen molar-refractivity contribution in [1.29, 1.82) is 0 Å². The fourth-order valence-electron chi connectivity index (χ4n) is 5.64. The molecule has 44 heavy (non-hydrogen) atoms. The molecule has 0 aromatic heterocycles. The normalized spacial score (nSPS) is 17.2. The molecule has 0 aliphatic heterocycles. The lowest BCUT2D eigenvalue weighted by atomic mass is 9.96. The van der Waals surface area contributed by atoms with E-state index in [4.69, 9.17) is 9.47 Å². The Morgan fingerprint density at radius 3 is 1.32 bits per heavy atom. The molecule has 2 saturated carbocycles. The molecule has 10 heteroatoms. The number of ether oxygens (including phenoxy) is 2. The number of benzene rings is 2. The number of urea groups is 2. The van der Waals surface area contributed by atoms with Gasteiger partial charge in [-0.15, -0.1) is 0 Å². The van der Waals surface area contributed by atoms with E-state index in [-0.39, 0.29) is 37.4 Å². The first-order chi connectivity index (χ1) is 21.5. The number of amides is 4.